The monoisotopic (exact) mass is 486 g/mol. The molecule has 35 heavy (non-hydrogen) atoms. The molecule has 2 amide bonds. The fourth-order valence-corrected chi connectivity index (χ4v) is 8.60. The lowest BCUT2D eigenvalue weighted by Crippen LogP contribution is -2.59. The normalized spacial score (nSPS) is 38.0. The molecular weight excluding hydrogens is 440 g/mol. The number of hydrogen-bond acceptors (Lipinski definition) is 3. The largest absolute Gasteiger partial charge is 0.481 e. The molecule has 4 aliphatic rings. The number of nitrogens with one attached hydrogen (secondary N) is 1. The molecule has 0 radical (unpaired) electrons. The molecule has 3 aliphatic carbocycles. The SMILES string of the molecule is CN1C(=O)C=C[C@@]2(C)C1CC[C@@H]1[C@H]2CC[C@]2(C)C(CNC(=O)CCCCCCCC(=O)O)CC[C@@H]12. The number of carboxylic acid groups (broad SMARTS) is 1. The van der Waals surface area contributed by atoms with Crippen LogP contribution in [-0.2, 0) is 14.4 Å². The molecule has 0 bridgehead atoms. The summed E-state index contributed by atoms with van der Waals surface area (Å²) < 4.78 is 0. The first-order valence-electron chi connectivity index (χ1n) is 14.1. The molecule has 0 aromatic rings. The van der Waals surface area contributed by atoms with Gasteiger partial charge in [0.15, 0.2) is 0 Å². The summed E-state index contributed by atoms with van der Waals surface area (Å²) in [5, 5.41) is 12.0. The van der Waals surface area contributed by atoms with Gasteiger partial charge in [0.05, 0.1) is 0 Å². The Bertz CT molecular complexity index is 841. The van der Waals surface area contributed by atoms with E-state index in [2.05, 4.69) is 25.2 Å². The van der Waals surface area contributed by atoms with Gasteiger partial charge in [0.25, 0.3) is 0 Å². The third-order valence-corrected chi connectivity index (χ3v) is 10.7. The molecule has 0 aromatic heterocycles. The number of carbonyl (C=O) groups is 3. The highest BCUT2D eigenvalue weighted by Gasteiger charge is 2.60. The average Bonchev–Trinajstić information content (AvgIpc) is 3.16. The molecule has 3 fully saturated rings. The third kappa shape index (κ3) is 5.17. The lowest BCUT2D eigenvalue weighted by molar-refractivity contribution is -0.139. The van der Waals surface area contributed by atoms with Crippen LogP contribution in [0.5, 0.6) is 0 Å². The van der Waals surface area contributed by atoms with Gasteiger partial charge in [-0.25, -0.2) is 0 Å². The molecule has 4 rings (SSSR count). The second kappa shape index (κ2) is 10.6. The average molecular weight is 487 g/mol. The van der Waals surface area contributed by atoms with Gasteiger partial charge in [-0.15, -0.1) is 0 Å². The first-order valence-corrected chi connectivity index (χ1v) is 14.1. The summed E-state index contributed by atoms with van der Waals surface area (Å²) in [5.41, 5.74) is 0.398. The first-order chi connectivity index (χ1) is 16.7. The Morgan fingerprint density at radius 3 is 2.46 bits per heavy atom. The summed E-state index contributed by atoms with van der Waals surface area (Å²) in [4.78, 5) is 37.3. The molecule has 196 valence electrons. The highest BCUT2D eigenvalue weighted by Crippen LogP contribution is 2.65. The van der Waals surface area contributed by atoms with Gasteiger partial charge in [-0.1, -0.05) is 39.2 Å². The maximum Gasteiger partial charge on any atom is 0.303 e. The summed E-state index contributed by atoms with van der Waals surface area (Å²) in [6, 6.07) is 0.333. The van der Waals surface area contributed by atoms with Crippen molar-refractivity contribution < 1.29 is 19.5 Å². The molecule has 1 aliphatic heterocycles. The van der Waals surface area contributed by atoms with Crippen molar-refractivity contribution in [3.8, 4) is 0 Å². The quantitative estimate of drug-likeness (QED) is 0.417. The Balaban J connectivity index is 1.26. The van der Waals surface area contributed by atoms with Crippen LogP contribution in [0, 0.1) is 34.5 Å². The molecular formula is C29H46N2O4. The summed E-state index contributed by atoms with van der Waals surface area (Å²) in [7, 11) is 1.98. The standard InChI is InChI=1S/C29H46N2O4/c1-28-17-15-23-21(12-14-24-29(23,2)18-16-26(33)31(24)3)22(28)13-11-20(28)19-30-25(32)9-7-5-4-6-8-10-27(34)35/h16,18,20-24H,4-15,17,19H2,1-3H3,(H,30,32)(H,34,35)/t20?,21-,22-,23+,24?,28+,29+/m0/s1. The number of amides is 2. The van der Waals surface area contributed by atoms with Crippen molar-refractivity contribution in [1.29, 1.82) is 0 Å². The fourth-order valence-electron chi connectivity index (χ4n) is 8.60. The van der Waals surface area contributed by atoms with Crippen LogP contribution in [0.1, 0.15) is 97.3 Å². The van der Waals surface area contributed by atoms with Gasteiger partial charge < -0.3 is 15.3 Å². The molecule has 0 aromatic carbocycles. The predicted molar refractivity (Wildman–Crippen MR) is 137 cm³/mol. The van der Waals surface area contributed by atoms with Crippen molar-refractivity contribution >= 4 is 17.8 Å². The number of fused-ring (bicyclic) bond motifs is 5. The van der Waals surface area contributed by atoms with Crippen LogP contribution in [0.2, 0.25) is 0 Å². The van der Waals surface area contributed by atoms with Crippen molar-refractivity contribution in [2.24, 2.45) is 34.5 Å². The topological polar surface area (TPSA) is 86.7 Å². The van der Waals surface area contributed by atoms with Crippen LogP contribution in [-0.4, -0.2) is 47.4 Å². The summed E-state index contributed by atoms with van der Waals surface area (Å²) >= 11 is 0. The maximum atomic E-state index is 12.5. The fraction of sp³-hybridized carbons (Fsp3) is 0.828. The first kappa shape index (κ1) is 26.2. The number of rotatable bonds is 10. The van der Waals surface area contributed by atoms with E-state index in [4.69, 9.17) is 5.11 Å². The second-order valence-corrected chi connectivity index (χ2v) is 12.4. The highest BCUT2D eigenvalue weighted by atomic mass is 16.4. The van der Waals surface area contributed by atoms with E-state index in [0.717, 1.165) is 56.9 Å². The van der Waals surface area contributed by atoms with E-state index in [9.17, 15) is 14.4 Å². The van der Waals surface area contributed by atoms with E-state index in [1.54, 1.807) is 0 Å². The zero-order valence-corrected chi connectivity index (χ0v) is 22.1. The van der Waals surface area contributed by atoms with E-state index in [1.165, 1.54) is 32.1 Å². The van der Waals surface area contributed by atoms with Gasteiger partial charge in [0, 0.05) is 37.9 Å². The Hall–Kier alpha value is -1.85. The van der Waals surface area contributed by atoms with E-state index < -0.39 is 5.97 Å². The zero-order chi connectivity index (χ0) is 25.2. The van der Waals surface area contributed by atoms with Crippen molar-refractivity contribution in [3.05, 3.63) is 12.2 Å². The lowest BCUT2D eigenvalue weighted by Gasteiger charge is -2.60. The number of unbranched alkanes of at least 4 members (excludes halogenated alkanes) is 4. The van der Waals surface area contributed by atoms with Gasteiger partial charge in [-0.2, -0.15) is 0 Å². The van der Waals surface area contributed by atoms with Crippen LogP contribution >= 0.6 is 0 Å². The van der Waals surface area contributed by atoms with Gasteiger partial charge >= 0.3 is 5.97 Å². The Morgan fingerprint density at radius 2 is 1.71 bits per heavy atom. The van der Waals surface area contributed by atoms with Gasteiger partial charge in [-0.05, 0) is 86.5 Å². The summed E-state index contributed by atoms with van der Waals surface area (Å²) in [5.74, 6) is 2.26. The molecule has 7 atom stereocenters. The van der Waals surface area contributed by atoms with E-state index in [-0.39, 0.29) is 23.7 Å². The van der Waals surface area contributed by atoms with Crippen LogP contribution in [0.15, 0.2) is 12.2 Å². The number of likely N-dealkylation sites (N-methyl/N-ethyl adjacent to an activating group) is 1. The van der Waals surface area contributed by atoms with E-state index >= 15 is 0 Å². The van der Waals surface area contributed by atoms with Crippen molar-refractivity contribution in [2.45, 2.75) is 103 Å². The highest BCUT2D eigenvalue weighted by molar-refractivity contribution is 5.89. The number of aliphatic carboxylic acids is 1. The van der Waals surface area contributed by atoms with Crippen molar-refractivity contribution in [2.75, 3.05) is 13.6 Å². The second-order valence-electron chi connectivity index (χ2n) is 12.4. The Morgan fingerprint density at radius 1 is 1.00 bits per heavy atom. The number of nitrogens with zero attached hydrogens (tertiary/aromatic N) is 1. The molecule has 6 heteroatoms. The lowest BCUT2D eigenvalue weighted by atomic mass is 9.47. The van der Waals surface area contributed by atoms with Crippen molar-refractivity contribution in [1.82, 2.24) is 10.2 Å². The maximum absolute atomic E-state index is 12.5. The third-order valence-electron chi connectivity index (χ3n) is 10.7. The van der Waals surface area contributed by atoms with Gasteiger partial charge in [0.1, 0.15) is 0 Å². The van der Waals surface area contributed by atoms with Gasteiger partial charge in [0.2, 0.25) is 11.8 Å². The molecule has 6 nitrogen and oxygen atoms in total. The Labute approximate surface area is 211 Å². The zero-order valence-electron chi connectivity index (χ0n) is 22.1. The minimum atomic E-state index is -0.725. The number of hydrogen-bond donors (Lipinski definition) is 2. The van der Waals surface area contributed by atoms with E-state index in [0.29, 0.717) is 29.7 Å². The van der Waals surface area contributed by atoms with Crippen molar-refractivity contribution in [3.63, 3.8) is 0 Å². The number of carboxylic acids is 1. The molecule has 0 spiro atoms. The van der Waals surface area contributed by atoms with Gasteiger partial charge in [-0.3, -0.25) is 14.4 Å². The summed E-state index contributed by atoms with van der Waals surface area (Å²) in [6.45, 7) is 5.70. The number of carbonyl (C=O) groups excluding carboxylic acids is 2. The van der Waals surface area contributed by atoms with Crippen LogP contribution < -0.4 is 5.32 Å². The predicted octanol–water partition coefficient (Wildman–Crippen LogP) is 5.17. The van der Waals surface area contributed by atoms with E-state index in [1.807, 2.05) is 18.0 Å². The minimum Gasteiger partial charge on any atom is -0.481 e. The smallest absolute Gasteiger partial charge is 0.303 e. The van der Waals surface area contributed by atoms with Crippen LogP contribution in [0.3, 0.4) is 0 Å². The molecule has 0 saturated heterocycles. The molecule has 2 unspecified atom stereocenters. The molecule has 2 N–H and O–H groups in total. The Kier molecular flexibility index (Phi) is 7.97. The minimum absolute atomic E-state index is 0.0901. The molecule has 1 heterocycles. The van der Waals surface area contributed by atoms with Crippen LogP contribution in [0.4, 0.5) is 0 Å². The van der Waals surface area contributed by atoms with Crippen LogP contribution in [0.25, 0.3) is 0 Å². The summed E-state index contributed by atoms with van der Waals surface area (Å²) in [6.07, 6.45) is 16.7. The molecule has 3 saturated carbocycles.